The lowest BCUT2D eigenvalue weighted by Crippen LogP contribution is -2.33. The van der Waals surface area contributed by atoms with Crippen molar-refractivity contribution in [2.45, 2.75) is 19.5 Å². The Labute approximate surface area is 195 Å². The van der Waals surface area contributed by atoms with Crippen molar-refractivity contribution in [3.05, 3.63) is 89.5 Å². The summed E-state index contributed by atoms with van der Waals surface area (Å²) in [4.78, 5) is 13.3. The van der Waals surface area contributed by atoms with E-state index in [1.54, 1.807) is 56.7 Å². The molecular formula is C25H28N2O5S. The maximum atomic E-state index is 13.3. The van der Waals surface area contributed by atoms with Gasteiger partial charge in [-0.3, -0.25) is 9.10 Å². The molecule has 0 aromatic heterocycles. The quantitative estimate of drug-likeness (QED) is 0.510. The predicted molar refractivity (Wildman–Crippen MR) is 129 cm³/mol. The SMILES string of the molecule is COc1ccc(OC)c([C@@H](C)NC(=O)c2ccccc2N(Cc2ccccc2)S(C)(=O)=O)c1. The van der Waals surface area contributed by atoms with Gasteiger partial charge in [0.25, 0.3) is 5.91 Å². The summed E-state index contributed by atoms with van der Waals surface area (Å²) < 4.78 is 37.3. The Hall–Kier alpha value is -3.52. The van der Waals surface area contributed by atoms with Crippen molar-refractivity contribution in [2.24, 2.45) is 0 Å². The molecule has 3 rings (SSSR count). The van der Waals surface area contributed by atoms with Crippen LogP contribution < -0.4 is 19.1 Å². The van der Waals surface area contributed by atoms with Crippen LogP contribution in [0.4, 0.5) is 5.69 Å². The fourth-order valence-electron chi connectivity index (χ4n) is 3.54. The molecule has 3 aromatic carbocycles. The zero-order valence-corrected chi connectivity index (χ0v) is 19.9. The molecule has 0 heterocycles. The number of amides is 1. The van der Waals surface area contributed by atoms with Gasteiger partial charge in [-0.15, -0.1) is 0 Å². The Morgan fingerprint density at radius 2 is 1.64 bits per heavy atom. The van der Waals surface area contributed by atoms with Gasteiger partial charge in [-0.25, -0.2) is 8.42 Å². The molecule has 1 N–H and O–H groups in total. The van der Waals surface area contributed by atoms with Crippen LogP contribution >= 0.6 is 0 Å². The highest BCUT2D eigenvalue weighted by Gasteiger charge is 2.25. The van der Waals surface area contributed by atoms with E-state index in [0.29, 0.717) is 17.2 Å². The molecule has 174 valence electrons. The standard InChI is InChI=1S/C25H28N2O5S/c1-18(22-16-20(31-2)14-15-24(22)32-3)26-25(28)21-12-8-9-13-23(21)27(33(4,29)30)17-19-10-6-5-7-11-19/h5-16,18H,17H2,1-4H3,(H,26,28)/t18-/m1/s1. The van der Waals surface area contributed by atoms with Crippen LogP contribution in [-0.4, -0.2) is 34.8 Å². The van der Waals surface area contributed by atoms with Gasteiger partial charge in [-0.2, -0.15) is 0 Å². The zero-order valence-electron chi connectivity index (χ0n) is 19.1. The number of nitrogens with one attached hydrogen (secondary N) is 1. The number of carbonyl (C=O) groups excluding carboxylic acids is 1. The van der Waals surface area contributed by atoms with Crippen LogP contribution in [0.3, 0.4) is 0 Å². The van der Waals surface area contributed by atoms with Crippen molar-refractivity contribution in [1.82, 2.24) is 5.32 Å². The third kappa shape index (κ3) is 5.84. The second kappa shape index (κ2) is 10.4. The van der Waals surface area contributed by atoms with E-state index in [-0.39, 0.29) is 12.1 Å². The van der Waals surface area contributed by atoms with Gasteiger partial charge in [0.15, 0.2) is 0 Å². The summed E-state index contributed by atoms with van der Waals surface area (Å²) in [7, 11) is -0.530. The van der Waals surface area contributed by atoms with E-state index in [9.17, 15) is 13.2 Å². The monoisotopic (exact) mass is 468 g/mol. The number of methoxy groups -OCH3 is 2. The zero-order chi connectivity index (χ0) is 24.0. The first-order valence-corrected chi connectivity index (χ1v) is 12.2. The van der Waals surface area contributed by atoms with Gasteiger partial charge >= 0.3 is 0 Å². The van der Waals surface area contributed by atoms with E-state index in [2.05, 4.69) is 5.32 Å². The highest BCUT2D eigenvalue weighted by Crippen LogP contribution is 2.30. The van der Waals surface area contributed by atoms with Crippen LogP contribution in [-0.2, 0) is 16.6 Å². The van der Waals surface area contributed by atoms with Gasteiger partial charge in [-0.05, 0) is 42.8 Å². The summed E-state index contributed by atoms with van der Waals surface area (Å²) in [6.45, 7) is 1.94. The third-order valence-electron chi connectivity index (χ3n) is 5.24. The summed E-state index contributed by atoms with van der Waals surface area (Å²) in [6.07, 6.45) is 1.13. The number of carbonyl (C=O) groups is 1. The highest BCUT2D eigenvalue weighted by atomic mass is 32.2. The Morgan fingerprint density at radius 3 is 2.27 bits per heavy atom. The molecule has 0 aliphatic rings. The second-order valence-electron chi connectivity index (χ2n) is 7.58. The van der Waals surface area contributed by atoms with Crippen LogP contribution in [0.1, 0.15) is 34.5 Å². The summed E-state index contributed by atoms with van der Waals surface area (Å²) in [5.74, 6) is 0.849. The van der Waals surface area contributed by atoms with Gasteiger partial charge in [0.05, 0.1) is 44.3 Å². The fourth-order valence-corrected chi connectivity index (χ4v) is 4.44. The van der Waals surface area contributed by atoms with Crippen LogP contribution in [0.15, 0.2) is 72.8 Å². The molecule has 0 saturated heterocycles. The average Bonchev–Trinajstić information content (AvgIpc) is 2.82. The van der Waals surface area contributed by atoms with Crippen molar-refractivity contribution < 1.29 is 22.7 Å². The summed E-state index contributed by atoms with van der Waals surface area (Å²) in [6, 6.07) is 20.8. The van der Waals surface area contributed by atoms with E-state index in [0.717, 1.165) is 17.4 Å². The Kier molecular flexibility index (Phi) is 7.60. The molecule has 0 bridgehead atoms. The first-order chi connectivity index (χ1) is 15.7. The maximum absolute atomic E-state index is 13.3. The van der Waals surface area contributed by atoms with Gasteiger partial charge < -0.3 is 14.8 Å². The van der Waals surface area contributed by atoms with Crippen LogP contribution in [0.25, 0.3) is 0 Å². The number of hydrogen-bond donors (Lipinski definition) is 1. The van der Waals surface area contributed by atoms with E-state index in [1.807, 2.05) is 37.3 Å². The number of rotatable bonds is 9. The van der Waals surface area contributed by atoms with Gasteiger partial charge in [0.2, 0.25) is 10.0 Å². The number of sulfonamides is 1. The number of ether oxygens (including phenoxy) is 2. The summed E-state index contributed by atoms with van der Waals surface area (Å²) >= 11 is 0. The molecule has 0 unspecified atom stereocenters. The van der Waals surface area contributed by atoms with Crippen LogP contribution in [0, 0.1) is 0 Å². The topological polar surface area (TPSA) is 84.9 Å². The number of anilines is 1. The lowest BCUT2D eigenvalue weighted by atomic mass is 10.1. The van der Waals surface area contributed by atoms with Crippen LogP contribution in [0.2, 0.25) is 0 Å². The minimum absolute atomic E-state index is 0.114. The molecule has 0 radical (unpaired) electrons. The lowest BCUT2D eigenvalue weighted by Gasteiger charge is -2.25. The predicted octanol–water partition coefficient (Wildman–Crippen LogP) is 4.16. The Balaban J connectivity index is 1.94. The fraction of sp³-hybridized carbons (Fsp3) is 0.240. The van der Waals surface area contributed by atoms with E-state index >= 15 is 0 Å². The van der Waals surface area contributed by atoms with Crippen molar-refractivity contribution in [3.8, 4) is 11.5 Å². The Bertz CT molecular complexity index is 1210. The molecule has 7 nitrogen and oxygen atoms in total. The minimum Gasteiger partial charge on any atom is -0.497 e. The second-order valence-corrected chi connectivity index (χ2v) is 9.48. The van der Waals surface area contributed by atoms with Crippen molar-refractivity contribution in [1.29, 1.82) is 0 Å². The smallest absolute Gasteiger partial charge is 0.253 e. The molecule has 0 saturated carbocycles. The summed E-state index contributed by atoms with van der Waals surface area (Å²) in [5.41, 5.74) is 2.12. The molecule has 0 aliphatic carbocycles. The van der Waals surface area contributed by atoms with Gasteiger partial charge in [0, 0.05) is 5.56 Å². The lowest BCUT2D eigenvalue weighted by molar-refractivity contribution is 0.0940. The molecule has 0 spiro atoms. The molecule has 0 fully saturated rings. The molecule has 1 atom stereocenters. The van der Waals surface area contributed by atoms with Crippen molar-refractivity contribution in [3.63, 3.8) is 0 Å². The number of nitrogens with zero attached hydrogens (tertiary/aromatic N) is 1. The first kappa shape index (κ1) is 24.1. The number of benzene rings is 3. The average molecular weight is 469 g/mol. The minimum atomic E-state index is -3.66. The summed E-state index contributed by atoms with van der Waals surface area (Å²) in [5, 5.41) is 2.95. The van der Waals surface area contributed by atoms with Crippen LogP contribution in [0.5, 0.6) is 11.5 Å². The maximum Gasteiger partial charge on any atom is 0.253 e. The molecular weight excluding hydrogens is 440 g/mol. The Morgan fingerprint density at radius 1 is 0.970 bits per heavy atom. The van der Waals surface area contributed by atoms with E-state index < -0.39 is 22.0 Å². The molecule has 33 heavy (non-hydrogen) atoms. The van der Waals surface area contributed by atoms with E-state index in [4.69, 9.17) is 9.47 Å². The molecule has 1 amide bonds. The number of para-hydroxylation sites is 1. The number of hydrogen-bond acceptors (Lipinski definition) is 5. The molecule has 8 heteroatoms. The van der Waals surface area contributed by atoms with Crippen molar-refractivity contribution in [2.75, 3.05) is 24.8 Å². The normalized spacial score (nSPS) is 12.0. The highest BCUT2D eigenvalue weighted by molar-refractivity contribution is 7.92. The molecule has 3 aromatic rings. The van der Waals surface area contributed by atoms with Crippen molar-refractivity contribution >= 4 is 21.6 Å². The largest absolute Gasteiger partial charge is 0.497 e. The third-order valence-corrected chi connectivity index (χ3v) is 6.36. The molecule has 0 aliphatic heterocycles. The van der Waals surface area contributed by atoms with Gasteiger partial charge in [0.1, 0.15) is 11.5 Å². The van der Waals surface area contributed by atoms with Gasteiger partial charge in [-0.1, -0.05) is 42.5 Å². The first-order valence-electron chi connectivity index (χ1n) is 10.4. The van der Waals surface area contributed by atoms with E-state index in [1.165, 1.54) is 4.31 Å².